The smallest absolute Gasteiger partial charge is 0.108 e. The molecule has 0 saturated carbocycles. The van der Waals surface area contributed by atoms with E-state index >= 15 is 0 Å². The summed E-state index contributed by atoms with van der Waals surface area (Å²) in [6.07, 6.45) is 6.54. The topological polar surface area (TPSA) is 0 Å². The maximum atomic E-state index is 2.36. The van der Waals surface area contributed by atoms with Gasteiger partial charge in [0.1, 0.15) is 6.15 Å². The van der Waals surface area contributed by atoms with Gasteiger partial charge in [-0.3, -0.25) is 0 Å². The van der Waals surface area contributed by atoms with E-state index in [1.54, 1.807) is 0 Å². The molecule has 0 amide bonds. The summed E-state index contributed by atoms with van der Waals surface area (Å²) < 4.78 is 0. The fraction of sp³-hybridized carbons (Fsp3) is 0.0909. The van der Waals surface area contributed by atoms with Gasteiger partial charge in [-0.25, -0.2) is 0 Å². The largest absolute Gasteiger partial charge is 0.195 e. The first kappa shape index (κ1) is 52.8. The van der Waals surface area contributed by atoms with Crippen LogP contribution in [-0.2, 0) is 17.1 Å². The summed E-state index contributed by atoms with van der Waals surface area (Å²) in [7, 11) is -1.30. The van der Waals surface area contributed by atoms with Gasteiger partial charge in [0.15, 0.2) is 0 Å². The van der Waals surface area contributed by atoms with E-state index in [1.165, 1.54) is 90.6 Å². The van der Waals surface area contributed by atoms with Crippen LogP contribution in [0.4, 0.5) is 0 Å². The van der Waals surface area contributed by atoms with Gasteiger partial charge >= 0.3 is 0 Å². The molecular formula is C66H62BFeP4-. The zero-order chi connectivity index (χ0) is 48.2. The molecule has 0 aromatic heterocycles. The van der Waals surface area contributed by atoms with Gasteiger partial charge in [0.2, 0.25) is 0 Å². The van der Waals surface area contributed by atoms with Gasteiger partial charge in [0.05, 0.1) is 0 Å². The van der Waals surface area contributed by atoms with Crippen LogP contribution in [-0.4, -0.2) is 43.1 Å². The Balaban J connectivity index is 0.000000224. The molecule has 0 aliphatic carbocycles. The van der Waals surface area contributed by atoms with Crippen LogP contribution in [0.3, 0.4) is 0 Å². The number of hydrogen-bond donors (Lipinski definition) is 0. The summed E-state index contributed by atoms with van der Waals surface area (Å²) >= 11 is 0. The second-order valence-corrected chi connectivity index (χ2v) is 27.5. The zero-order valence-corrected chi connectivity index (χ0v) is 45.5. The zero-order valence-electron chi connectivity index (χ0n) is 40.8. The molecule has 0 radical (unpaired) electrons. The van der Waals surface area contributed by atoms with Crippen molar-refractivity contribution in [2.45, 2.75) is 0 Å². The van der Waals surface area contributed by atoms with Crippen LogP contribution in [0.25, 0.3) is 0 Å². The first-order valence-corrected chi connectivity index (χ1v) is 31.5. The van der Waals surface area contributed by atoms with Crippen LogP contribution in [0, 0.1) is 0 Å². The minimum absolute atomic E-state index is 0. The van der Waals surface area contributed by atoms with Gasteiger partial charge in [0, 0.05) is 17.1 Å². The van der Waals surface area contributed by atoms with Crippen molar-refractivity contribution in [2.24, 2.45) is 0 Å². The summed E-state index contributed by atoms with van der Waals surface area (Å²) in [6, 6.07) is 111. The van der Waals surface area contributed by atoms with Crippen molar-refractivity contribution >= 4 is 91.5 Å². The van der Waals surface area contributed by atoms with Crippen LogP contribution >= 0.6 is 31.7 Å². The maximum absolute atomic E-state index is 2.36. The van der Waals surface area contributed by atoms with Crippen molar-refractivity contribution in [2.75, 3.05) is 37.0 Å². The fourth-order valence-electron chi connectivity index (χ4n) is 10.1. The third-order valence-electron chi connectivity index (χ3n) is 13.5. The monoisotopic (exact) mass is 1050 g/mol. The molecule has 10 aromatic carbocycles. The Hall–Kier alpha value is -5.50. The van der Waals surface area contributed by atoms with Gasteiger partial charge < -0.3 is 0 Å². The van der Waals surface area contributed by atoms with Crippen LogP contribution in [0.15, 0.2) is 303 Å². The Labute approximate surface area is 445 Å². The molecule has 10 rings (SSSR count). The Kier molecular flexibility index (Phi) is 20.6. The third kappa shape index (κ3) is 13.8. The Morgan fingerprint density at radius 3 is 0.514 bits per heavy atom. The standard InChI is InChI=1S/C42H42P4.C24H20B.Fe/c1-7-19-37(20-8-1)44(38-21-9-2-10-22-38)34-31-43(32-35-45(39-23-11-3-12-24-39)40-25-13-4-14-26-40)33-36-46(41-27-15-5-16-28-41)42-29-17-6-18-30-42;1-5-13-21(14-6-1)25(22-15-7-2-8-16-22,23-17-9-3-10-18-23)24-19-11-4-12-20-24;/h1-30H,31-36H2;1-20H;/q;-1;. The van der Waals surface area contributed by atoms with Crippen molar-refractivity contribution < 1.29 is 17.1 Å². The van der Waals surface area contributed by atoms with Gasteiger partial charge in [-0.05, 0) is 92.6 Å². The maximum Gasteiger partial charge on any atom is 0.108 e. The normalized spacial score (nSPS) is 11.2. The molecule has 0 unspecified atom stereocenters. The molecule has 0 atom stereocenters. The van der Waals surface area contributed by atoms with Gasteiger partial charge in [-0.1, -0.05) is 303 Å². The molecule has 72 heavy (non-hydrogen) atoms. The Morgan fingerprint density at radius 2 is 0.347 bits per heavy atom. The molecule has 10 aromatic rings. The van der Waals surface area contributed by atoms with Gasteiger partial charge in [-0.2, -0.15) is 21.9 Å². The van der Waals surface area contributed by atoms with Crippen LogP contribution < -0.4 is 53.7 Å². The molecule has 0 N–H and O–H groups in total. The first-order chi connectivity index (χ1) is 35.3. The predicted octanol–water partition coefficient (Wildman–Crippen LogP) is 11.9. The SMILES string of the molecule is [Fe].c1ccc(P(CCP(CCP(c2ccccc2)c2ccccc2)CCP(c2ccccc2)c2ccccc2)c2ccccc2)cc1.c1ccc([B-](c2ccccc2)(c2ccccc2)c2ccccc2)cc1. The molecule has 0 heterocycles. The summed E-state index contributed by atoms with van der Waals surface area (Å²) in [5, 5.41) is 9.03. The van der Waals surface area contributed by atoms with E-state index in [0.29, 0.717) is 0 Å². The Morgan fingerprint density at radius 1 is 0.194 bits per heavy atom. The van der Waals surface area contributed by atoms with E-state index in [1.807, 2.05) is 0 Å². The van der Waals surface area contributed by atoms with E-state index in [0.717, 1.165) is 0 Å². The minimum Gasteiger partial charge on any atom is -0.195 e. The molecule has 0 bridgehead atoms. The van der Waals surface area contributed by atoms with Crippen molar-refractivity contribution in [3.8, 4) is 0 Å². The second kappa shape index (κ2) is 28.1. The van der Waals surface area contributed by atoms with E-state index in [-0.39, 0.29) is 48.8 Å². The number of rotatable bonds is 19. The summed E-state index contributed by atoms with van der Waals surface area (Å²) in [6.45, 7) is 0. The molecule has 0 aliphatic heterocycles. The molecule has 0 fully saturated rings. The van der Waals surface area contributed by atoms with Crippen LogP contribution in [0.5, 0.6) is 0 Å². The summed E-state index contributed by atoms with van der Waals surface area (Å²) in [5.41, 5.74) is 5.36. The summed E-state index contributed by atoms with van der Waals surface area (Å²) in [5.74, 6) is 0. The second-order valence-electron chi connectivity index (χ2n) is 17.8. The van der Waals surface area contributed by atoms with E-state index < -0.39 is 6.15 Å². The van der Waals surface area contributed by atoms with E-state index in [4.69, 9.17) is 0 Å². The molecule has 0 spiro atoms. The number of hydrogen-bond acceptors (Lipinski definition) is 0. The molecule has 358 valence electrons. The van der Waals surface area contributed by atoms with Crippen molar-refractivity contribution in [3.05, 3.63) is 303 Å². The van der Waals surface area contributed by atoms with Crippen LogP contribution in [0.1, 0.15) is 0 Å². The average Bonchev–Trinajstić information content (AvgIpc) is 3.46. The molecule has 0 nitrogen and oxygen atoms in total. The van der Waals surface area contributed by atoms with Crippen molar-refractivity contribution in [1.29, 1.82) is 0 Å². The van der Waals surface area contributed by atoms with Crippen molar-refractivity contribution in [3.63, 3.8) is 0 Å². The third-order valence-corrected chi connectivity index (χ3v) is 24.7. The predicted molar refractivity (Wildman–Crippen MR) is 323 cm³/mol. The Bertz CT molecular complexity index is 2530. The van der Waals surface area contributed by atoms with Crippen molar-refractivity contribution in [1.82, 2.24) is 0 Å². The van der Waals surface area contributed by atoms with Crippen LogP contribution in [0.2, 0.25) is 0 Å². The average molecular weight is 1050 g/mol. The first-order valence-electron chi connectivity index (χ1n) is 25.0. The molecule has 0 aliphatic rings. The van der Waals surface area contributed by atoms with Gasteiger partial charge in [-0.15, -0.1) is 7.92 Å². The quantitative estimate of drug-likeness (QED) is 0.0559. The van der Waals surface area contributed by atoms with E-state index in [2.05, 4.69) is 303 Å². The number of benzene rings is 10. The summed E-state index contributed by atoms with van der Waals surface area (Å²) in [4.78, 5) is 0. The molecule has 6 heteroatoms. The minimum atomic E-state index is -1.22. The van der Waals surface area contributed by atoms with E-state index in [9.17, 15) is 0 Å². The fourth-order valence-corrected chi connectivity index (χ4v) is 22.2. The molecular weight excluding hydrogens is 983 g/mol. The van der Waals surface area contributed by atoms with Gasteiger partial charge in [0.25, 0.3) is 0 Å². The molecule has 0 saturated heterocycles.